The average Bonchev–Trinajstić information content (AvgIpc) is 2.03. The molecule has 1 aliphatic rings. The normalized spacial score (nSPS) is 25.8. The lowest BCUT2D eigenvalue weighted by Crippen LogP contribution is -2.50. The SMILES string of the molecule is CC(C)N1CCCOC1CN(C)C. The first-order valence-electron chi connectivity index (χ1n) is 5.13. The number of hydrogen-bond donors (Lipinski definition) is 0. The van der Waals surface area contributed by atoms with Gasteiger partial charge >= 0.3 is 0 Å². The fourth-order valence-corrected chi connectivity index (χ4v) is 1.77. The van der Waals surface area contributed by atoms with E-state index in [1.165, 1.54) is 13.0 Å². The highest BCUT2D eigenvalue weighted by molar-refractivity contribution is 4.73. The summed E-state index contributed by atoms with van der Waals surface area (Å²) >= 11 is 0. The largest absolute Gasteiger partial charge is 0.362 e. The monoisotopic (exact) mass is 186 g/mol. The lowest BCUT2D eigenvalue weighted by molar-refractivity contribution is -0.116. The minimum atomic E-state index is 0.295. The molecule has 0 aromatic rings. The minimum absolute atomic E-state index is 0.295. The quantitative estimate of drug-likeness (QED) is 0.654. The van der Waals surface area contributed by atoms with Gasteiger partial charge in [-0.3, -0.25) is 4.90 Å². The highest BCUT2D eigenvalue weighted by Gasteiger charge is 2.25. The molecule has 0 N–H and O–H groups in total. The first kappa shape index (κ1) is 11.0. The zero-order chi connectivity index (χ0) is 9.84. The van der Waals surface area contributed by atoms with Gasteiger partial charge < -0.3 is 9.64 Å². The fourth-order valence-electron chi connectivity index (χ4n) is 1.77. The van der Waals surface area contributed by atoms with Gasteiger partial charge in [-0.15, -0.1) is 0 Å². The third kappa shape index (κ3) is 3.25. The van der Waals surface area contributed by atoms with Crippen LogP contribution >= 0.6 is 0 Å². The zero-order valence-corrected chi connectivity index (χ0v) is 9.29. The third-order valence-electron chi connectivity index (χ3n) is 2.43. The van der Waals surface area contributed by atoms with E-state index in [0.717, 1.165) is 13.2 Å². The topological polar surface area (TPSA) is 15.7 Å². The Morgan fingerprint density at radius 3 is 2.69 bits per heavy atom. The van der Waals surface area contributed by atoms with Crippen molar-refractivity contribution in [2.24, 2.45) is 0 Å². The second-order valence-corrected chi connectivity index (χ2v) is 4.27. The van der Waals surface area contributed by atoms with Gasteiger partial charge in [0, 0.05) is 25.7 Å². The molecular formula is C10H22N2O. The van der Waals surface area contributed by atoms with Crippen LogP contribution in [0.15, 0.2) is 0 Å². The summed E-state index contributed by atoms with van der Waals surface area (Å²) in [5.74, 6) is 0. The Balaban J connectivity index is 2.46. The molecule has 0 spiro atoms. The van der Waals surface area contributed by atoms with E-state index in [1.54, 1.807) is 0 Å². The number of nitrogens with zero attached hydrogens (tertiary/aromatic N) is 2. The Labute approximate surface area is 81.7 Å². The number of likely N-dealkylation sites (N-methyl/N-ethyl adjacent to an activating group) is 1. The lowest BCUT2D eigenvalue weighted by Gasteiger charge is -2.39. The molecule has 1 rings (SSSR count). The molecule has 0 amide bonds. The average molecular weight is 186 g/mol. The van der Waals surface area contributed by atoms with Crippen molar-refractivity contribution in [3.05, 3.63) is 0 Å². The molecule has 0 saturated carbocycles. The van der Waals surface area contributed by atoms with Crippen molar-refractivity contribution in [1.82, 2.24) is 9.80 Å². The van der Waals surface area contributed by atoms with Crippen LogP contribution in [0.5, 0.6) is 0 Å². The summed E-state index contributed by atoms with van der Waals surface area (Å²) < 4.78 is 5.75. The Bertz CT molecular complexity index is 148. The van der Waals surface area contributed by atoms with E-state index in [1.807, 2.05) is 0 Å². The highest BCUT2D eigenvalue weighted by atomic mass is 16.5. The van der Waals surface area contributed by atoms with Crippen LogP contribution in [-0.4, -0.2) is 55.9 Å². The van der Waals surface area contributed by atoms with Gasteiger partial charge in [-0.2, -0.15) is 0 Å². The fraction of sp³-hybridized carbons (Fsp3) is 1.00. The zero-order valence-electron chi connectivity index (χ0n) is 9.29. The summed E-state index contributed by atoms with van der Waals surface area (Å²) in [6, 6.07) is 0.588. The van der Waals surface area contributed by atoms with Gasteiger partial charge in [-0.25, -0.2) is 0 Å². The molecule has 0 aromatic heterocycles. The van der Waals surface area contributed by atoms with Crippen molar-refractivity contribution in [2.45, 2.75) is 32.5 Å². The van der Waals surface area contributed by atoms with Crippen molar-refractivity contribution >= 4 is 0 Å². The van der Waals surface area contributed by atoms with E-state index in [9.17, 15) is 0 Å². The Morgan fingerprint density at radius 1 is 1.46 bits per heavy atom. The van der Waals surface area contributed by atoms with E-state index in [2.05, 4.69) is 37.7 Å². The van der Waals surface area contributed by atoms with E-state index < -0.39 is 0 Å². The first-order valence-corrected chi connectivity index (χ1v) is 5.13. The predicted molar refractivity (Wildman–Crippen MR) is 54.8 cm³/mol. The molecule has 78 valence electrons. The maximum atomic E-state index is 5.75. The first-order chi connectivity index (χ1) is 6.11. The Kier molecular flexibility index (Phi) is 4.16. The van der Waals surface area contributed by atoms with Crippen LogP contribution < -0.4 is 0 Å². The lowest BCUT2D eigenvalue weighted by atomic mass is 10.2. The predicted octanol–water partition coefficient (Wildman–Crippen LogP) is 1.00. The van der Waals surface area contributed by atoms with Gasteiger partial charge in [0.1, 0.15) is 6.23 Å². The van der Waals surface area contributed by atoms with Crippen LogP contribution in [0.4, 0.5) is 0 Å². The summed E-state index contributed by atoms with van der Waals surface area (Å²) in [7, 11) is 4.19. The summed E-state index contributed by atoms with van der Waals surface area (Å²) in [6.45, 7) is 7.56. The molecule has 0 aromatic carbocycles. The molecule has 0 radical (unpaired) electrons. The van der Waals surface area contributed by atoms with Crippen molar-refractivity contribution in [3.8, 4) is 0 Å². The van der Waals surface area contributed by atoms with Crippen LogP contribution in [0, 0.1) is 0 Å². The highest BCUT2D eigenvalue weighted by Crippen LogP contribution is 2.14. The van der Waals surface area contributed by atoms with Gasteiger partial charge in [0.25, 0.3) is 0 Å². The molecule has 1 unspecified atom stereocenters. The van der Waals surface area contributed by atoms with E-state index in [0.29, 0.717) is 12.3 Å². The van der Waals surface area contributed by atoms with Gasteiger partial charge in [-0.1, -0.05) is 0 Å². The molecule has 13 heavy (non-hydrogen) atoms. The van der Waals surface area contributed by atoms with Crippen molar-refractivity contribution < 1.29 is 4.74 Å². The van der Waals surface area contributed by atoms with Crippen LogP contribution in [0.3, 0.4) is 0 Å². The molecule has 3 heteroatoms. The number of hydrogen-bond acceptors (Lipinski definition) is 3. The number of rotatable bonds is 3. The summed E-state index contributed by atoms with van der Waals surface area (Å²) in [6.07, 6.45) is 1.46. The smallest absolute Gasteiger partial charge is 0.123 e. The van der Waals surface area contributed by atoms with Gasteiger partial charge in [0.15, 0.2) is 0 Å². The second kappa shape index (κ2) is 4.94. The maximum Gasteiger partial charge on any atom is 0.123 e. The summed E-state index contributed by atoms with van der Waals surface area (Å²) in [5, 5.41) is 0. The molecule has 0 aliphatic carbocycles. The van der Waals surface area contributed by atoms with Crippen molar-refractivity contribution in [1.29, 1.82) is 0 Å². The minimum Gasteiger partial charge on any atom is -0.362 e. The Morgan fingerprint density at radius 2 is 2.15 bits per heavy atom. The van der Waals surface area contributed by atoms with Crippen LogP contribution in [-0.2, 0) is 4.74 Å². The van der Waals surface area contributed by atoms with Crippen molar-refractivity contribution in [3.63, 3.8) is 0 Å². The van der Waals surface area contributed by atoms with Crippen molar-refractivity contribution in [2.75, 3.05) is 33.8 Å². The van der Waals surface area contributed by atoms with Crippen LogP contribution in [0.1, 0.15) is 20.3 Å². The maximum absolute atomic E-state index is 5.75. The molecule has 1 atom stereocenters. The van der Waals surface area contributed by atoms with E-state index in [-0.39, 0.29) is 0 Å². The molecule has 0 bridgehead atoms. The molecule has 3 nitrogen and oxygen atoms in total. The molecular weight excluding hydrogens is 164 g/mol. The number of ether oxygens (including phenoxy) is 1. The van der Waals surface area contributed by atoms with Gasteiger partial charge in [0.05, 0.1) is 0 Å². The summed E-state index contributed by atoms with van der Waals surface area (Å²) in [4.78, 5) is 4.62. The third-order valence-corrected chi connectivity index (χ3v) is 2.43. The standard InChI is InChI=1S/C10H22N2O/c1-9(2)12-6-5-7-13-10(12)8-11(3)4/h9-10H,5-8H2,1-4H3. The van der Waals surface area contributed by atoms with E-state index >= 15 is 0 Å². The Hall–Kier alpha value is -0.120. The van der Waals surface area contributed by atoms with Crippen LogP contribution in [0.2, 0.25) is 0 Å². The summed E-state index contributed by atoms with van der Waals surface area (Å²) in [5.41, 5.74) is 0. The molecule has 1 heterocycles. The molecule has 1 fully saturated rings. The second-order valence-electron chi connectivity index (χ2n) is 4.27. The van der Waals surface area contributed by atoms with Gasteiger partial charge in [0.2, 0.25) is 0 Å². The van der Waals surface area contributed by atoms with Crippen LogP contribution in [0.25, 0.3) is 0 Å². The van der Waals surface area contributed by atoms with E-state index in [4.69, 9.17) is 4.74 Å². The van der Waals surface area contributed by atoms with Gasteiger partial charge in [-0.05, 0) is 34.4 Å². The molecule has 1 saturated heterocycles. The molecule has 1 aliphatic heterocycles.